The van der Waals surface area contributed by atoms with E-state index >= 15 is 0 Å². The van der Waals surface area contributed by atoms with Gasteiger partial charge in [0, 0.05) is 6.54 Å². The van der Waals surface area contributed by atoms with Gasteiger partial charge in [-0.05, 0) is 20.4 Å². The minimum Gasteiger partial charge on any atom is -0.379 e. The third kappa shape index (κ3) is 4.77. The summed E-state index contributed by atoms with van der Waals surface area (Å²) in [6, 6.07) is 0. The van der Waals surface area contributed by atoms with Gasteiger partial charge in [0.2, 0.25) is 0 Å². The molecule has 0 bridgehead atoms. The molecule has 0 saturated carbocycles. The van der Waals surface area contributed by atoms with E-state index in [1.165, 1.54) is 19.3 Å². The van der Waals surface area contributed by atoms with Gasteiger partial charge in [-0.25, -0.2) is 0 Å². The van der Waals surface area contributed by atoms with Gasteiger partial charge in [-0.1, -0.05) is 19.8 Å². The van der Waals surface area contributed by atoms with Crippen LogP contribution in [0.2, 0.25) is 0 Å². The van der Waals surface area contributed by atoms with Gasteiger partial charge >= 0.3 is 0 Å². The van der Waals surface area contributed by atoms with Crippen LogP contribution in [0.5, 0.6) is 0 Å². The van der Waals surface area contributed by atoms with Gasteiger partial charge in [0.15, 0.2) is 0 Å². The normalized spacial score (nSPS) is 14.1. The first-order valence-electron chi connectivity index (χ1n) is 4.06. The summed E-state index contributed by atoms with van der Waals surface area (Å²) in [5.41, 5.74) is 0. The van der Waals surface area contributed by atoms with Crippen molar-refractivity contribution in [3.8, 4) is 0 Å². The lowest BCUT2D eigenvalue weighted by Crippen LogP contribution is -2.29. The lowest BCUT2D eigenvalue weighted by Gasteiger charge is -2.19. The number of hydrogen-bond acceptors (Lipinski definition) is 2. The van der Waals surface area contributed by atoms with Crippen molar-refractivity contribution in [2.24, 2.45) is 0 Å². The summed E-state index contributed by atoms with van der Waals surface area (Å²) in [5.74, 6) is 0. The number of hydrogen-bond donors (Lipinski definition) is 1. The van der Waals surface area contributed by atoms with Gasteiger partial charge in [-0.15, -0.1) is 0 Å². The minimum absolute atomic E-state index is 0.295. The molecule has 1 atom stereocenters. The summed E-state index contributed by atoms with van der Waals surface area (Å²) in [4.78, 5) is 1.95. The highest BCUT2D eigenvalue weighted by molar-refractivity contribution is 4.50. The molecule has 0 rings (SSSR count). The quantitative estimate of drug-likeness (QED) is 0.467. The second-order valence-corrected chi connectivity index (χ2v) is 2.82. The molecule has 2 nitrogen and oxygen atoms in total. The molecule has 0 saturated heterocycles. The third-order valence-electron chi connectivity index (χ3n) is 1.75. The van der Waals surface area contributed by atoms with Gasteiger partial charge in [0.25, 0.3) is 0 Å². The van der Waals surface area contributed by atoms with Crippen LogP contribution in [0.1, 0.15) is 33.1 Å². The van der Waals surface area contributed by atoms with Crippen LogP contribution in [0.15, 0.2) is 0 Å². The van der Waals surface area contributed by atoms with Crippen molar-refractivity contribution in [1.29, 1.82) is 0 Å². The summed E-state index contributed by atoms with van der Waals surface area (Å²) in [6.45, 7) is 4.99. The Kier molecular flexibility index (Phi) is 5.64. The smallest absolute Gasteiger partial charge is 0.104 e. The molecule has 0 aromatic rings. The second kappa shape index (κ2) is 5.69. The maximum atomic E-state index is 9.05. The second-order valence-electron chi connectivity index (χ2n) is 2.82. The van der Waals surface area contributed by atoms with Crippen molar-refractivity contribution >= 4 is 0 Å². The van der Waals surface area contributed by atoms with E-state index in [0.717, 1.165) is 6.54 Å². The van der Waals surface area contributed by atoms with E-state index in [4.69, 9.17) is 5.11 Å². The predicted molar refractivity (Wildman–Crippen MR) is 43.8 cm³/mol. The largest absolute Gasteiger partial charge is 0.379 e. The van der Waals surface area contributed by atoms with Gasteiger partial charge < -0.3 is 5.11 Å². The van der Waals surface area contributed by atoms with Crippen LogP contribution in [0.3, 0.4) is 0 Å². The Hall–Kier alpha value is -0.0800. The van der Waals surface area contributed by atoms with Gasteiger partial charge in [0.05, 0.1) is 0 Å². The highest BCUT2D eigenvalue weighted by atomic mass is 16.3. The van der Waals surface area contributed by atoms with E-state index < -0.39 is 0 Å². The molecule has 1 N–H and O–H groups in total. The molecule has 0 aliphatic heterocycles. The molecule has 0 fully saturated rings. The zero-order valence-corrected chi connectivity index (χ0v) is 7.30. The molecule has 0 aliphatic carbocycles. The number of aliphatic hydroxyl groups is 1. The van der Waals surface area contributed by atoms with Crippen molar-refractivity contribution < 1.29 is 5.11 Å². The van der Waals surface area contributed by atoms with Crippen molar-refractivity contribution in [2.45, 2.75) is 39.3 Å². The number of rotatable bonds is 5. The van der Waals surface area contributed by atoms with Crippen LogP contribution in [0.25, 0.3) is 0 Å². The predicted octanol–water partition coefficient (Wildman–Crippen LogP) is 1.45. The zero-order valence-electron chi connectivity index (χ0n) is 7.30. The molecule has 0 radical (unpaired) electrons. The Morgan fingerprint density at radius 3 is 2.40 bits per heavy atom. The average Bonchev–Trinajstić information content (AvgIpc) is 1.88. The fourth-order valence-electron chi connectivity index (χ4n) is 0.798. The Balaban J connectivity index is 3.13. The van der Waals surface area contributed by atoms with Crippen LogP contribution in [-0.2, 0) is 0 Å². The van der Waals surface area contributed by atoms with Gasteiger partial charge in [-0.3, -0.25) is 4.90 Å². The first kappa shape index (κ1) is 9.92. The Morgan fingerprint density at radius 1 is 1.40 bits per heavy atom. The molecule has 0 aliphatic rings. The molecule has 1 unspecified atom stereocenters. The summed E-state index contributed by atoms with van der Waals surface area (Å²) in [5, 5.41) is 9.05. The monoisotopic (exact) mass is 145 g/mol. The van der Waals surface area contributed by atoms with E-state index in [1.54, 1.807) is 6.92 Å². The average molecular weight is 145 g/mol. The summed E-state index contributed by atoms with van der Waals surface area (Å²) in [6.07, 6.45) is 3.40. The lowest BCUT2D eigenvalue weighted by molar-refractivity contribution is 0.0374. The van der Waals surface area contributed by atoms with E-state index in [9.17, 15) is 0 Å². The molecule has 0 aromatic heterocycles. The van der Waals surface area contributed by atoms with Crippen LogP contribution in [0, 0.1) is 0 Å². The molecule has 0 amide bonds. The van der Waals surface area contributed by atoms with Crippen LogP contribution < -0.4 is 0 Å². The van der Waals surface area contributed by atoms with E-state index in [2.05, 4.69) is 6.92 Å². The van der Waals surface area contributed by atoms with Crippen molar-refractivity contribution in [3.63, 3.8) is 0 Å². The number of unbranched alkanes of at least 4 members (excludes halogenated alkanes) is 2. The first-order valence-corrected chi connectivity index (χ1v) is 4.06. The van der Waals surface area contributed by atoms with E-state index in [1.807, 2.05) is 11.9 Å². The molecular weight excluding hydrogens is 126 g/mol. The zero-order chi connectivity index (χ0) is 7.98. The Bertz CT molecular complexity index is 73.7. The fourth-order valence-corrected chi connectivity index (χ4v) is 0.798. The molecule has 2 heteroatoms. The van der Waals surface area contributed by atoms with Crippen LogP contribution in [0.4, 0.5) is 0 Å². The molecule has 0 heterocycles. The number of aliphatic hydroxyl groups excluding tert-OH is 1. The molecule has 62 valence electrons. The topological polar surface area (TPSA) is 23.5 Å². The van der Waals surface area contributed by atoms with E-state index in [-0.39, 0.29) is 6.23 Å². The summed E-state index contributed by atoms with van der Waals surface area (Å²) in [7, 11) is 1.94. The van der Waals surface area contributed by atoms with E-state index in [0.29, 0.717) is 0 Å². The maximum Gasteiger partial charge on any atom is 0.104 e. The highest BCUT2D eigenvalue weighted by Crippen LogP contribution is 1.98. The minimum atomic E-state index is -0.295. The van der Waals surface area contributed by atoms with Crippen molar-refractivity contribution in [3.05, 3.63) is 0 Å². The molecular formula is C8H19NO. The van der Waals surface area contributed by atoms with Crippen molar-refractivity contribution in [2.75, 3.05) is 13.6 Å². The Labute approximate surface area is 63.8 Å². The molecule has 0 aromatic carbocycles. The molecule has 0 spiro atoms. The SMILES string of the molecule is CCCCCN(C)C(C)O. The standard InChI is InChI=1S/C8H19NO/c1-4-5-6-7-9(3)8(2)10/h8,10H,4-7H2,1-3H3. The van der Waals surface area contributed by atoms with Crippen LogP contribution >= 0.6 is 0 Å². The number of nitrogens with zero attached hydrogens (tertiary/aromatic N) is 1. The third-order valence-corrected chi connectivity index (χ3v) is 1.75. The van der Waals surface area contributed by atoms with Crippen LogP contribution in [-0.4, -0.2) is 29.8 Å². The highest BCUT2D eigenvalue weighted by Gasteiger charge is 2.01. The summed E-state index contributed by atoms with van der Waals surface area (Å²) >= 11 is 0. The Morgan fingerprint density at radius 2 is 2.00 bits per heavy atom. The van der Waals surface area contributed by atoms with Gasteiger partial charge in [-0.2, -0.15) is 0 Å². The maximum absolute atomic E-state index is 9.05. The molecule has 10 heavy (non-hydrogen) atoms. The first-order chi connectivity index (χ1) is 4.68. The lowest BCUT2D eigenvalue weighted by atomic mass is 10.2. The fraction of sp³-hybridized carbons (Fsp3) is 1.00. The summed E-state index contributed by atoms with van der Waals surface area (Å²) < 4.78 is 0. The van der Waals surface area contributed by atoms with Crippen molar-refractivity contribution in [1.82, 2.24) is 4.90 Å². The van der Waals surface area contributed by atoms with Gasteiger partial charge in [0.1, 0.15) is 6.23 Å².